The molecule has 2 heterocycles. The monoisotopic (exact) mass is 510 g/mol. The molecule has 2 N–H and O–H groups in total. The van der Waals surface area contributed by atoms with Gasteiger partial charge in [0.05, 0.1) is 11.4 Å². The second kappa shape index (κ2) is 8.37. The van der Waals surface area contributed by atoms with E-state index in [0.29, 0.717) is 22.5 Å². The first-order valence-electron chi connectivity index (χ1n) is 15.0. The van der Waals surface area contributed by atoms with Gasteiger partial charge in [-0.05, 0) is 137 Å². The number of pyridine rings is 2. The summed E-state index contributed by atoms with van der Waals surface area (Å²) in [7, 11) is 0. The Balaban J connectivity index is 0.996. The minimum absolute atomic E-state index is 0.00804. The highest BCUT2D eigenvalue weighted by Gasteiger charge is 2.52. The van der Waals surface area contributed by atoms with Gasteiger partial charge in [-0.2, -0.15) is 0 Å². The van der Waals surface area contributed by atoms with Crippen LogP contribution in [-0.2, 0) is 0 Å². The van der Waals surface area contributed by atoms with Crippen LogP contribution in [0.15, 0.2) is 36.7 Å². The molecule has 198 valence electrons. The minimum atomic E-state index is -0.0250. The molecular formula is C32H38N4O2. The third-order valence-corrected chi connectivity index (χ3v) is 11.1. The zero-order valence-electron chi connectivity index (χ0n) is 22.1. The summed E-state index contributed by atoms with van der Waals surface area (Å²) < 4.78 is 0. The Morgan fingerprint density at radius 2 is 0.895 bits per heavy atom. The summed E-state index contributed by atoms with van der Waals surface area (Å²) in [6.07, 6.45) is 18.3. The first-order chi connectivity index (χ1) is 18.4. The Morgan fingerprint density at radius 3 is 1.21 bits per heavy atom. The van der Waals surface area contributed by atoms with Crippen LogP contribution in [0, 0.1) is 35.5 Å². The lowest BCUT2D eigenvalue weighted by Gasteiger charge is -2.56. The maximum atomic E-state index is 13.4. The third-order valence-electron chi connectivity index (χ3n) is 11.1. The van der Waals surface area contributed by atoms with E-state index < -0.39 is 0 Å². The molecule has 0 atom stereocenters. The average molecular weight is 511 g/mol. The SMILES string of the molecule is O=C(NC12CC3CC(CC(C3)C1)C2)c1ccnc(-c2cc(C(=O)NC34CC5CC(CC(C5)C3)C4)ccn2)c1. The first kappa shape index (κ1) is 23.2. The van der Waals surface area contributed by atoms with Crippen LogP contribution >= 0.6 is 0 Å². The minimum Gasteiger partial charge on any atom is -0.347 e. The predicted octanol–water partition coefficient (Wildman–Crippen LogP) is 5.54. The van der Waals surface area contributed by atoms with Gasteiger partial charge in [-0.1, -0.05) is 0 Å². The molecule has 8 aliphatic carbocycles. The van der Waals surface area contributed by atoms with Crippen molar-refractivity contribution in [2.45, 2.75) is 88.1 Å². The highest BCUT2D eigenvalue weighted by Crippen LogP contribution is 2.56. The maximum absolute atomic E-state index is 13.4. The van der Waals surface area contributed by atoms with Crippen molar-refractivity contribution in [3.05, 3.63) is 47.8 Å². The molecule has 0 saturated heterocycles. The van der Waals surface area contributed by atoms with Gasteiger partial charge in [0.25, 0.3) is 11.8 Å². The summed E-state index contributed by atoms with van der Waals surface area (Å²) in [5.74, 6) is 4.68. The molecule has 0 unspecified atom stereocenters. The molecule has 0 spiro atoms. The van der Waals surface area contributed by atoms with Crippen molar-refractivity contribution >= 4 is 11.8 Å². The summed E-state index contributed by atoms with van der Waals surface area (Å²) in [5.41, 5.74) is 2.46. The van der Waals surface area contributed by atoms with E-state index >= 15 is 0 Å². The fraction of sp³-hybridized carbons (Fsp3) is 0.625. The van der Waals surface area contributed by atoms with E-state index in [4.69, 9.17) is 0 Å². The average Bonchev–Trinajstić information content (AvgIpc) is 2.87. The molecule has 8 aliphatic rings. The number of hydrogen-bond donors (Lipinski definition) is 2. The number of rotatable bonds is 5. The topological polar surface area (TPSA) is 84.0 Å². The Kier molecular flexibility index (Phi) is 5.10. The molecule has 10 rings (SSSR count). The second-order valence-corrected chi connectivity index (χ2v) is 14.2. The highest BCUT2D eigenvalue weighted by molar-refractivity contribution is 5.97. The molecule has 2 aromatic heterocycles. The van der Waals surface area contributed by atoms with Crippen molar-refractivity contribution in [2.75, 3.05) is 0 Å². The van der Waals surface area contributed by atoms with Crippen LogP contribution in [0.5, 0.6) is 0 Å². The van der Waals surface area contributed by atoms with Gasteiger partial charge in [-0.3, -0.25) is 19.6 Å². The standard InChI is InChI=1S/C32H38N4O2/c37-29(35-31-13-19-5-20(14-31)7-21(6-19)15-31)25-1-3-33-27(11-25)28-12-26(2-4-34-28)30(38)36-32-16-22-8-23(17-32)10-24(9-22)18-32/h1-4,11-12,19-24H,5-10,13-18H2,(H,35,37)(H,36,38). The van der Waals surface area contributed by atoms with E-state index in [1.54, 1.807) is 24.5 Å². The summed E-state index contributed by atoms with van der Waals surface area (Å²) in [5, 5.41) is 6.94. The number of nitrogens with zero attached hydrogens (tertiary/aromatic N) is 2. The van der Waals surface area contributed by atoms with E-state index in [1.165, 1.54) is 38.5 Å². The van der Waals surface area contributed by atoms with Crippen LogP contribution in [0.4, 0.5) is 0 Å². The molecule has 0 aliphatic heterocycles. The smallest absolute Gasteiger partial charge is 0.251 e. The Bertz CT molecular complexity index is 1130. The largest absolute Gasteiger partial charge is 0.347 e. The van der Waals surface area contributed by atoms with Crippen LogP contribution in [0.2, 0.25) is 0 Å². The third kappa shape index (κ3) is 3.97. The fourth-order valence-corrected chi connectivity index (χ4v) is 10.6. The van der Waals surface area contributed by atoms with Crippen LogP contribution in [-0.4, -0.2) is 32.9 Å². The Morgan fingerprint density at radius 1 is 0.579 bits per heavy atom. The molecule has 2 aromatic rings. The lowest BCUT2D eigenvalue weighted by Crippen LogP contribution is -2.59. The summed E-state index contributed by atoms with van der Waals surface area (Å²) >= 11 is 0. The molecule has 2 amide bonds. The quantitative estimate of drug-likeness (QED) is 0.553. The zero-order valence-corrected chi connectivity index (χ0v) is 22.1. The lowest BCUT2D eigenvalue weighted by molar-refractivity contribution is -0.0171. The van der Waals surface area contributed by atoms with Gasteiger partial charge in [0.15, 0.2) is 0 Å². The molecule has 8 fully saturated rings. The molecule has 0 radical (unpaired) electrons. The van der Waals surface area contributed by atoms with Gasteiger partial charge < -0.3 is 10.6 Å². The van der Waals surface area contributed by atoms with Gasteiger partial charge in [0.1, 0.15) is 0 Å². The molecule has 0 aromatic carbocycles. The van der Waals surface area contributed by atoms with Crippen LogP contribution in [0.25, 0.3) is 11.4 Å². The van der Waals surface area contributed by atoms with E-state index in [9.17, 15) is 9.59 Å². The van der Waals surface area contributed by atoms with Crippen molar-refractivity contribution in [1.82, 2.24) is 20.6 Å². The number of carbonyl (C=O) groups is 2. The molecule has 8 saturated carbocycles. The number of carbonyl (C=O) groups excluding carboxylic acids is 2. The van der Waals surface area contributed by atoms with Gasteiger partial charge >= 0.3 is 0 Å². The molecule has 6 heteroatoms. The highest BCUT2D eigenvalue weighted by atomic mass is 16.2. The van der Waals surface area contributed by atoms with Crippen molar-refractivity contribution in [3.63, 3.8) is 0 Å². The molecular weight excluding hydrogens is 472 g/mol. The fourth-order valence-electron chi connectivity index (χ4n) is 10.6. The molecule has 38 heavy (non-hydrogen) atoms. The predicted molar refractivity (Wildman–Crippen MR) is 144 cm³/mol. The summed E-state index contributed by atoms with van der Waals surface area (Å²) in [4.78, 5) is 35.9. The molecule has 8 bridgehead atoms. The summed E-state index contributed by atoms with van der Waals surface area (Å²) in [6, 6.07) is 7.25. The molecule has 6 nitrogen and oxygen atoms in total. The second-order valence-electron chi connectivity index (χ2n) is 14.2. The Hall–Kier alpha value is -2.76. The van der Waals surface area contributed by atoms with Crippen molar-refractivity contribution in [1.29, 1.82) is 0 Å². The normalized spacial score (nSPS) is 39.8. The number of nitrogens with one attached hydrogen (secondary N) is 2. The van der Waals surface area contributed by atoms with Gasteiger partial charge in [-0.25, -0.2) is 0 Å². The first-order valence-corrected chi connectivity index (χ1v) is 15.0. The number of hydrogen-bond acceptors (Lipinski definition) is 4. The van der Waals surface area contributed by atoms with E-state index in [0.717, 1.165) is 74.0 Å². The van der Waals surface area contributed by atoms with Crippen molar-refractivity contribution < 1.29 is 9.59 Å². The Labute approximate surface area is 224 Å². The van der Waals surface area contributed by atoms with Gasteiger partial charge in [-0.15, -0.1) is 0 Å². The van der Waals surface area contributed by atoms with E-state index in [-0.39, 0.29) is 22.9 Å². The van der Waals surface area contributed by atoms with Crippen molar-refractivity contribution in [2.24, 2.45) is 35.5 Å². The zero-order chi connectivity index (χ0) is 25.5. The lowest BCUT2D eigenvalue weighted by atomic mass is 9.53. The van der Waals surface area contributed by atoms with Crippen LogP contribution in [0.1, 0.15) is 97.8 Å². The van der Waals surface area contributed by atoms with Crippen molar-refractivity contribution in [3.8, 4) is 11.4 Å². The van der Waals surface area contributed by atoms with Crippen LogP contribution in [0.3, 0.4) is 0 Å². The van der Waals surface area contributed by atoms with Crippen LogP contribution < -0.4 is 10.6 Å². The summed E-state index contributed by atoms with van der Waals surface area (Å²) in [6.45, 7) is 0. The van der Waals surface area contributed by atoms with E-state index in [2.05, 4.69) is 20.6 Å². The van der Waals surface area contributed by atoms with Gasteiger partial charge in [0.2, 0.25) is 0 Å². The number of amides is 2. The van der Waals surface area contributed by atoms with E-state index in [1.807, 2.05) is 12.1 Å². The van der Waals surface area contributed by atoms with Gasteiger partial charge in [0, 0.05) is 34.6 Å². The number of aromatic nitrogens is 2. The maximum Gasteiger partial charge on any atom is 0.251 e.